The Morgan fingerprint density at radius 3 is 2.61 bits per heavy atom. The van der Waals surface area contributed by atoms with Gasteiger partial charge in [-0.05, 0) is 29.7 Å². The number of amides is 1. The number of hydrogen-bond acceptors (Lipinski definition) is 2. The molecule has 0 radical (unpaired) electrons. The van der Waals surface area contributed by atoms with Crippen LogP contribution in [0.3, 0.4) is 0 Å². The molecule has 4 nitrogen and oxygen atoms in total. The quantitative estimate of drug-likeness (QED) is 0.822. The van der Waals surface area contributed by atoms with Crippen LogP contribution in [0.25, 0.3) is 0 Å². The van der Waals surface area contributed by atoms with Crippen molar-refractivity contribution in [1.82, 2.24) is 15.3 Å². The van der Waals surface area contributed by atoms with Crippen molar-refractivity contribution in [2.24, 2.45) is 11.3 Å². The summed E-state index contributed by atoms with van der Waals surface area (Å²) in [5.74, 6) is 1.54. The first-order chi connectivity index (χ1) is 11.1. The van der Waals surface area contributed by atoms with Gasteiger partial charge in [-0.2, -0.15) is 0 Å². The van der Waals surface area contributed by atoms with Crippen LogP contribution in [-0.4, -0.2) is 22.4 Å². The molecule has 0 unspecified atom stereocenters. The van der Waals surface area contributed by atoms with Gasteiger partial charge in [-0.3, -0.25) is 4.79 Å². The van der Waals surface area contributed by atoms with Crippen LogP contribution in [-0.2, 0) is 4.79 Å². The van der Waals surface area contributed by atoms with E-state index >= 15 is 0 Å². The van der Waals surface area contributed by atoms with Gasteiger partial charge in [-0.15, -0.1) is 0 Å². The summed E-state index contributed by atoms with van der Waals surface area (Å²) in [5.41, 5.74) is 1.45. The lowest BCUT2D eigenvalue weighted by Gasteiger charge is -2.21. The van der Waals surface area contributed by atoms with Crippen molar-refractivity contribution < 1.29 is 4.79 Å². The second-order valence-electron chi connectivity index (χ2n) is 6.94. The van der Waals surface area contributed by atoms with E-state index < -0.39 is 0 Å². The number of hydrogen-bond donors (Lipinski definition) is 2. The molecule has 0 bridgehead atoms. The zero-order valence-corrected chi connectivity index (χ0v) is 13.9. The first-order valence-electron chi connectivity index (χ1n) is 8.42. The molecule has 1 heterocycles. The van der Waals surface area contributed by atoms with Crippen molar-refractivity contribution >= 4 is 5.91 Å². The number of rotatable bonds is 7. The Hall–Kier alpha value is -2.10. The molecule has 1 aromatic heterocycles. The Labute approximate surface area is 137 Å². The molecule has 0 spiro atoms. The summed E-state index contributed by atoms with van der Waals surface area (Å²) in [6.07, 6.45) is 6.42. The minimum absolute atomic E-state index is 0.0274. The second-order valence-corrected chi connectivity index (χ2v) is 6.94. The molecule has 2 N–H and O–H groups in total. The van der Waals surface area contributed by atoms with Gasteiger partial charge in [0.25, 0.3) is 0 Å². The van der Waals surface area contributed by atoms with Crippen molar-refractivity contribution in [3.8, 4) is 0 Å². The summed E-state index contributed by atoms with van der Waals surface area (Å²) in [4.78, 5) is 20.0. The molecule has 1 fully saturated rings. The fourth-order valence-electron chi connectivity index (χ4n) is 3.18. The van der Waals surface area contributed by atoms with Gasteiger partial charge in [0, 0.05) is 25.4 Å². The van der Waals surface area contributed by atoms with Crippen LogP contribution in [0.15, 0.2) is 42.7 Å². The second kappa shape index (κ2) is 6.57. The zero-order chi connectivity index (χ0) is 16.3. The van der Waals surface area contributed by atoms with Gasteiger partial charge in [0.2, 0.25) is 5.91 Å². The number of aromatic nitrogens is 2. The van der Waals surface area contributed by atoms with Gasteiger partial charge >= 0.3 is 0 Å². The van der Waals surface area contributed by atoms with Gasteiger partial charge < -0.3 is 10.3 Å². The van der Waals surface area contributed by atoms with Crippen LogP contribution >= 0.6 is 0 Å². The van der Waals surface area contributed by atoms with E-state index in [9.17, 15) is 4.79 Å². The fourth-order valence-corrected chi connectivity index (χ4v) is 3.18. The normalized spacial score (nSPS) is 17.0. The third kappa shape index (κ3) is 3.63. The molecule has 23 heavy (non-hydrogen) atoms. The highest BCUT2D eigenvalue weighted by Gasteiger charge is 2.45. The van der Waals surface area contributed by atoms with E-state index in [-0.39, 0.29) is 11.8 Å². The van der Waals surface area contributed by atoms with Crippen LogP contribution in [0.5, 0.6) is 0 Å². The summed E-state index contributed by atoms with van der Waals surface area (Å²) in [6.45, 7) is 5.28. The van der Waals surface area contributed by atoms with Crippen molar-refractivity contribution in [2.45, 2.75) is 39.0 Å². The Balaban J connectivity index is 1.66. The average Bonchev–Trinajstić information content (AvgIpc) is 3.17. The lowest BCUT2D eigenvalue weighted by atomic mass is 9.91. The third-order valence-electron chi connectivity index (χ3n) is 5.20. The minimum atomic E-state index is -0.0274. The van der Waals surface area contributed by atoms with Crippen LogP contribution in [0, 0.1) is 11.3 Å². The number of aromatic amines is 1. The average molecular weight is 311 g/mol. The topological polar surface area (TPSA) is 57.8 Å². The summed E-state index contributed by atoms with van der Waals surface area (Å²) < 4.78 is 0. The molecule has 1 atom stereocenters. The highest BCUT2D eigenvalue weighted by atomic mass is 16.1. The molecule has 1 aromatic carbocycles. The number of nitrogens with zero attached hydrogens (tertiary/aromatic N) is 1. The number of imidazole rings is 1. The summed E-state index contributed by atoms with van der Waals surface area (Å²) in [6, 6.07) is 10.1. The van der Waals surface area contributed by atoms with Crippen molar-refractivity contribution in [2.75, 3.05) is 6.54 Å². The maximum atomic E-state index is 12.5. The molecular weight excluding hydrogens is 286 g/mol. The van der Waals surface area contributed by atoms with E-state index in [1.807, 2.05) is 18.2 Å². The molecule has 0 aliphatic heterocycles. The number of carbonyl (C=O) groups is 1. The van der Waals surface area contributed by atoms with Gasteiger partial charge in [0.15, 0.2) is 0 Å². The van der Waals surface area contributed by atoms with Gasteiger partial charge in [-0.1, -0.05) is 44.2 Å². The Morgan fingerprint density at radius 2 is 2.04 bits per heavy atom. The predicted octanol–water partition coefficient (Wildman–Crippen LogP) is 3.48. The van der Waals surface area contributed by atoms with Crippen LogP contribution in [0.1, 0.15) is 50.4 Å². The lowest BCUT2D eigenvalue weighted by molar-refractivity contribution is -0.121. The summed E-state index contributed by atoms with van der Waals surface area (Å²) in [7, 11) is 0. The van der Waals surface area contributed by atoms with E-state index in [0.29, 0.717) is 17.8 Å². The number of benzene rings is 1. The first kappa shape index (κ1) is 15.8. The van der Waals surface area contributed by atoms with Crippen LogP contribution in [0.2, 0.25) is 0 Å². The lowest BCUT2D eigenvalue weighted by Crippen LogP contribution is -2.33. The molecule has 1 aliphatic rings. The molecule has 122 valence electrons. The molecule has 0 saturated heterocycles. The van der Waals surface area contributed by atoms with Gasteiger partial charge in [0.05, 0.1) is 5.92 Å². The zero-order valence-electron chi connectivity index (χ0n) is 13.9. The largest absolute Gasteiger partial charge is 0.356 e. The Morgan fingerprint density at radius 1 is 1.30 bits per heavy atom. The van der Waals surface area contributed by atoms with E-state index in [4.69, 9.17) is 0 Å². The number of nitrogens with one attached hydrogen (secondary N) is 2. The molecule has 4 heteroatoms. The monoisotopic (exact) mass is 311 g/mol. The van der Waals surface area contributed by atoms with E-state index in [2.05, 4.69) is 41.3 Å². The fraction of sp³-hybridized carbons (Fsp3) is 0.474. The SMILES string of the molecule is CC(C)C1(CNC(=O)C[C@H](c2ccccc2)c2ncc[nH]2)CC1. The van der Waals surface area contributed by atoms with Crippen molar-refractivity contribution in [3.05, 3.63) is 54.1 Å². The molecule has 1 aliphatic carbocycles. The molecule has 2 aromatic rings. The first-order valence-corrected chi connectivity index (χ1v) is 8.42. The maximum absolute atomic E-state index is 12.5. The summed E-state index contributed by atoms with van der Waals surface area (Å²) in [5, 5.41) is 3.15. The molecule has 1 saturated carbocycles. The molecule has 1 amide bonds. The van der Waals surface area contributed by atoms with E-state index in [1.54, 1.807) is 12.4 Å². The maximum Gasteiger partial charge on any atom is 0.221 e. The third-order valence-corrected chi connectivity index (χ3v) is 5.20. The van der Waals surface area contributed by atoms with Gasteiger partial charge in [0.1, 0.15) is 5.82 Å². The minimum Gasteiger partial charge on any atom is -0.356 e. The Kier molecular flexibility index (Phi) is 4.51. The van der Waals surface area contributed by atoms with Gasteiger partial charge in [-0.25, -0.2) is 4.98 Å². The van der Waals surface area contributed by atoms with Crippen LogP contribution < -0.4 is 5.32 Å². The Bertz CT molecular complexity index is 630. The number of H-pyrrole nitrogens is 1. The smallest absolute Gasteiger partial charge is 0.221 e. The molecule has 3 rings (SSSR count). The standard InChI is InChI=1S/C19H25N3O/c1-14(2)19(8-9-19)13-22-17(23)12-16(18-20-10-11-21-18)15-6-4-3-5-7-15/h3-7,10-11,14,16H,8-9,12-13H2,1-2H3,(H,20,21)(H,22,23)/t16-/m1/s1. The van der Waals surface area contributed by atoms with Crippen molar-refractivity contribution in [1.29, 1.82) is 0 Å². The van der Waals surface area contributed by atoms with E-state index in [0.717, 1.165) is 17.9 Å². The highest BCUT2D eigenvalue weighted by molar-refractivity contribution is 5.77. The number of carbonyl (C=O) groups excluding carboxylic acids is 1. The molecular formula is C19H25N3O. The van der Waals surface area contributed by atoms with Crippen molar-refractivity contribution in [3.63, 3.8) is 0 Å². The summed E-state index contributed by atoms with van der Waals surface area (Å²) >= 11 is 0. The van der Waals surface area contributed by atoms with Crippen LogP contribution in [0.4, 0.5) is 0 Å². The highest BCUT2D eigenvalue weighted by Crippen LogP contribution is 2.51. The predicted molar refractivity (Wildman–Crippen MR) is 91.0 cm³/mol. The van der Waals surface area contributed by atoms with E-state index in [1.165, 1.54) is 12.8 Å².